The maximum Gasteiger partial charge on any atom is 0.211 e. The molecule has 1 aliphatic rings. The van der Waals surface area contributed by atoms with E-state index in [9.17, 15) is 8.42 Å². The third-order valence-electron chi connectivity index (χ3n) is 4.97. The van der Waals surface area contributed by atoms with Gasteiger partial charge in [-0.2, -0.15) is 4.31 Å². The fraction of sp³-hybridized carbons (Fsp3) is 0.350. The summed E-state index contributed by atoms with van der Waals surface area (Å²) in [6, 6.07) is 8.03. The Bertz CT molecular complexity index is 1110. The lowest BCUT2D eigenvalue weighted by molar-refractivity contribution is 0.182. The summed E-state index contributed by atoms with van der Waals surface area (Å²) in [5.74, 6) is 0.741. The first-order chi connectivity index (χ1) is 14.4. The lowest BCUT2D eigenvalue weighted by atomic mass is 10.2. The van der Waals surface area contributed by atoms with Crippen LogP contribution in [0.5, 0.6) is 0 Å². The number of nitrogens with one attached hydrogen (secondary N) is 1. The van der Waals surface area contributed by atoms with Crippen LogP contribution in [0.3, 0.4) is 0 Å². The molecule has 0 aliphatic carbocycles. The van der Waals surface area contributed by atoms with E-state index in [1.807, 2.05) is 43.6 Å². The van der Waals surface area contributed by atoms with Crippen molar-refractivity contribution in [2.75, 3.05) is 37.8 Å². The van der Waals surface area contributed by atoms with Crippen molar-refractivity contribution in [1.29, 1.82) is 0 Å². The highest BCUT2D eigenvalue weighted by Gasteiger charge is 2.23. The van der Waals surface area contributed by atoms with Gasteiger partial charge in [-0.1, -0.05) is 17.4 Å². The van der Waals surface area contributed by atoms with Crippen molar-refractivity contribution in [2.45, 2.75) is 13.5 Å². The summed E-state index contributed by atoms with van der Waals surface area (Å²) in [6.45, 7) is 5.23. The van der Waals surface area contributed by atoms with E-state index in [0.29, 0.717) is 13.1 Å². The highest BCUT2D eigenvalue weighted by Crippen LogP contribution is 2.30. The number of piperazine rings is 1. The van der Waals surface area contributed by atoms with Crippen molar-refractivity contribution >= 4 is 32.3 Å². The minimum atomic E-state index is -3.11. The van der Waals surface area contributed by atoms with Gasteiger partial charge in [0.05, 0.1) is 11.1 Å². The number of thiazole rings is 1. The number of anilines is 2. The molecule has 4 heterocycles. The molecule has 0 amide bonds. The number of rotatable bonds is 6. The third-order valence-corrected chi connectivity index (χ3v) is 7.23. The van der Waals surface area contributed by atoms with Gasteiger partial charge in [-0.15, -0.1) is 0 Å². The quantitative estimate of drug-likeness (QED) is 0.625. The van der Waals surface area contributed by atoms with Crippen LogP contribution in [0.2, 0.25) is 0 Å². The third kappa shape index (κ3) is 5.20. The molecular weight excluding hydrogens is 420 g/mol. The molecule has 3 aromatic rings. The fourth-order valence-corrected chi connectivity index (χ4v) is 4.95. The SMILES string of the molecule is Cc1ccc(-c2cnc(Nc3cc(CN4CCN(S(C)(=O)=O)CC4)ccn3)s2)cn1. The monoisotopic (exact) mass is 444 g/mol. The average molecular weight is 445 g/mol. The van der Waals surface area contributed by atoms with Crippen LogP contribution in [0, 0.1) is 6.92 Å². The number of aromatic nitrogens is 3. The Morgan fingerprint density at radius 3 is 2.57 bits per heavy atom. The van der Waals surface area contributed by atoms with E-state index >= 15 is 0 Å². The number of nitrogens with zero attached hydrogens (tertiary/aromatic N) is 5. The highest BCUT2D eigenvalue weighted by atomic mass is 32.2. The summed E-state index contributed by atoms with van der Waals surface area (Å²) in [5.41, 5.74) is 3.15. The topological polar surface area (TPSA) is 91.3 Å². The Labute approximate surface area is 180 Å². The summed E-state index contributed by atoms with van der Waals surface area (Å²) < 4.78 is 24.9. The summed E-state index contributed by atoms with van der Waals surface area (Å²) in [4.78, 5) is 16.5. The van der Waals surface area contributed by atoms with Crippen LogP contribution in [0.15, 0.2) is 42.9 Å². The van der Waals surface area contributed by atoms with Gasteiger partial charge in [0, 0.05) is 62.6 Å². The number of hydrogen-bond donors (Lipinski definition) is 1. The predicted molar refractivity (Wildman–Crippen MR) is 119 cm³/mol. The Hall–Kier alpha value is -2.40. The molecule has 0 unspecified atom stereocenters. The molecular formula is C20H24N6O2S2. The van der Waals surface area contributed by atoms with Crippen LogP contribution in [0.4, 0.5) is 10.9 Å². The summed E-state index contributed by atoms with van der Waals surface area (Å²) >= 11 is 1.56. The maximum atomic E-state index is 11.7. The van der Waals surface area contributed by atoms with Gasteiger partial charge < -0.3 is 5.32 Å². The minimum absolute atomic E-state index is 0.533. The van der Waals surface area contributed by atoms with E-state index in [-0.39, 0.29) is 0 Å². The van der Waals surface area contributed by atoms with Gasteiger partial charge in [-0.3, -0.25) is 9.88 Å². The first kappa shape index (κ1) is 20.9. The van der Waals surface area contributed by atoms with E-state index in [1.165, 1.54) is 10.6 Å². The average Bonchev–Trinajstić information content (AvgIpc) is 3.17. The zero-order valence-electron chi connectivity index (χ0n) is 16.9. The zero-order valence-corrected chi connectivity index (χ0v) is 18.6. The molecule has 0 aromatic carbocycles. The Balaban J connectivity index is 1.38. The van der Waals surface area contributed by atoms with Crippen molar-refractivity contribution in [3.8, 4) is 10.4 Å². The number of sulfonamides is 1. The van der Waals surface area contributed by atoms with Crippen LogP contribution in [-0.4, -0.2) is 65.0 Å². The molecule has 4 rings (SSSR count). The van der Waals surface area contributed by atoms with Gasteiger partial charge in [0.25, 0.3) is 0 Å². The molecule has 0 spiro atoms. The molecule has 30 heavy (non-hydrogen) atoms. The second kappa shape index (κ2) is 8.76. The Morgan fingerprint density at radius 1 is 1.07 bits per heavy atom. The van der Waals surface area contributed by atoms with Gasteiger partial charge in [-0.05, 0) is 30.7 Å². The van der Waals surface area contributed by atoms with Crippen molar-refractivity contribution < 1.29 is 8.42 Å². The first-order valence-electron chi connectivity index (χ1n) is 9.65. The van der Waals surface area contributed by atoms with Crippen LogP contribution < -0.4 is 5.32 Å². The van der Waals surface area contributed by atoms with Gasteiger partial charge >= 0.3 is 0 Å². The van der Waals surface area contributed by atoms with Crippen LogP contribution in [-0.2, 0) is 16.6 Å². The van der Waals surface area contributed by atoms with Crippen LogP contribution in [0.1, 0.15) is 11.3 Å². The molecule has 0 bridgehead atoms. The van der Waals surface area contributed by atoms with Crippen LogP contribution in [0.25, 0.3) is 10.4 Å². The summed E-state index contributed by atoms with van der Waals surface area (Å²) in [6.07, 6.45) is 6.74. The normalized spacial score (nSPS) is 15.9. The zero-order chi connectivity index (χ0) is 21.1. The molecule has 0 saturated carbocycles. The fourth-order valence-electron chi connectivity index (χ4n) is 3.31. The van der Waals surface area contributed by atoms with Gasteiger partial charge in [0.2, 0.25) is 10.0 Å². The summed E-state index contributed by atoms with van der Waals surface area (Å²) in [5, 5.41) is 4.05. The largest absolute Gasteiger partial charge is 0.316 e. The van der Waals surface area contributed by atoms with E-state index in [0.717, 1.165) is 52.3 Å². The van der Waals surface area contributed by atoms with Gasteiger partial charge in [0.1, 0.15) is 5.82 Å². The second-order valence-corrected chi connectivity index (χ2v) is 10.3. The molecule has 3 aromatic heterocycles. The molecule has 0 radical (unpaired) electrons. The second-order valence-electron chi connectivity index (χ2n) is 7.33. The van der Waals surface area contributed by atoms with Crippen molar-refractivity contribution in [2.24, 2.45) is 0 Å². The number of aryl methyl sites for hydroxylation is 1. The lowest BCUT2D eigenvalue weighted by Crippen LogP contribution is -2.47. The summed E-state index contributed by atoms with van der Waals surface area (Å²) in [7, 11) is -3.11. The molecule has 8 nitrogen and oxygen atoms in total. The minimum Gasteiger partial charge on any atom is -0.316 e. The first-order valence-corrected chi connectivity index (χ1v) is 12.3. The molecule has 1 N–H and O–H groups in total. The molecule has 1 aliphatic heterocycles. The molecule has 0 atom stereocenters. The number of hydrogen-bond acceptors (Lipinski definition) is 8. The predicted octanol–water partition coefficient (Wildman–Crippen LogP) is 2.73. The van der Waals surface area contributed by atoms with E-state index < -0.39 is 10.0 Å². The Kier molecular flexibility index (Phi) is 6.09. The van der Waals surface area contributed by atoms with Crippen molar-refractivity contribution in [3.05, 3.63) is 54.1 Å². The molecule has 1 fully saturated rings. The van der Waals surface area contributed by atoms with E-state index in [1.54, 1.807) is 17.5 Å². The van der Waals surface area contributed by atoms with Crippen molar-refractivity contribution in [3.63, 3.8) is 0 Å². The van der Waals surface area contributed by atoms with E-state index in [2.05, 4.69) is 25.2 Å². The molecule has 158 valence electrons. The van der Waals surface area contributed by atoms with Crippen molar-refractivity contribution in [1.82, 2.24) is 24.2 Å². The highest BCUT2D eigenvalue weighted by molar-refractivity contribution is 7.88. The van der Waals surface area contributed by atoms with Gasteiger partial charge in [-0.25, -0.2) is 18.4 Å². The standard InChI is InChI=1S/C20H24N6O2S2/c1-15-3-4-17(12-22-15)18-13-23-20(29-18)24-19-11-16(5-6-21-19)14-25-7-9-26(10-8-25)30(2,27)28/h3-6,11-13H,7-10,14H2,1-2H3,(H,21,23,24). The molecule has 10 heteroatoms. The smallest absolute Gasteiger partial charge is 0.211 e. The van der Waals surface area contributed by atoms with Gasteiger partial charge in [0.15, 0.2) is 5.13 Å². The lowest BCUT2D eigenvalue weighted by Gasteiger charge is -2.33. The maximum absolute atomic E-state index is 11.7. The van der Waals surface area contributed by atoms with E-state index in [4.69, 9.17) is 0 Å². The number of pyridine rings is 2. The Morgan fingerprint density at radius 2 is 1.87 bits per heavy atom. The molecule has 1 saturated heterocycles. The van der Waals surface area contributed by atoms with Crippen LogP contribution >= 0.6 is 11.3 Å².